The number of nitrogens with one attached hydrogen (secondary N) is 1. The predicted octanol–water partition coefficient (Wildman–Crippen LogP) is 0.437. The summed E-state index contributed by atoms with van der Waals surface area (Å²) in [6.07, 6.45) is 0. The van der Waals surface area contributed by atoms with Gasteiger partial charge in [0, 0.05) is 26.2 Å². The molecule has 1 N–H and O–H groups in total. The van der Waals surface area contributed by atoms with E-state index in [1.165, 1.54) is 4.68 Å². The van der Waals surface area contributed by atoms with Crippen molar-refractivity contribution in [1.82, 2.24) is 25.2 Å². The van der Waals surface area contributed by atoms with Crippen LogP contribution in [0.2, 0.25) is 0 Å². The van der Waals surface area contributed by atoms with Crippen molar-refractivity contribution in [3.8, 4) is 0 Å². The van der Waals surface area contributed by atoms with E-state index in [0.717, 1.165) is 32.8 Å². The number of carbonyl (C=O) groups is 1. The fourth-order valence-corrected chi connectivity index (χ4v) is 3.15. The van der Waals surface area contributed by atoms with Crippen LogP contribution in [0.5, 0.6) is 0 Å². The number of hydrogen-bond acceptors (Lipinski definition) is 6. The van der Waals surface area contributed by atoms with Crippen molar-refractivity contribution in [3.05, 3.63) is 34.6 Å². The molecule has 0 bridgehead atoms. The Labute approximate surface area is 152 Å². The van der Waals surface area contributed by atoms with Crippen LogP contribution in [0.15, 0.2) is 29.1 Å². The van der Waals surface area contributed by atoms with E-state index in [2.05, 4.69) is 20.5 Å². The van der Waals surface area contributed by atoms with Gasteiger partial charge in [-0.3, -0.25) is 14.5 Å². The summed E-state index contributed by atoms with van der Waals surface area (Å²) < 4.78 is 6.53. The summed E-state index contributed by atoms with van der Waals surface area (Å²) in [4.78, 5) is 27.7. The lowest BCUT2D eigenvalue weighted by atomic mass is 10.0. The Bertz CT molecular complexity index is 814. The van der Waals surface area contributed by atoms with Crippen LogP contribution in [-0.4, -0.2) is 65.2 Å². The van der Waals surface area contributed by atoms with Crippen LogP contribution < -0.4 is 10.9 Å². The van der Waals surface area contributed by atoms with Crippen LogP contribution in [0, 0.1) is 5.92 Å². The smallest absolute Gasteiger partial charge is 0.278 e. The molecule has 0 spiro atoms. The Morgan fingerprint density at radius 2 is 2.00 bits per heavy atom. The topological polar surface area (TPSA) is 89.3 Å². The standard InChI is InChI=1S/C18H25N5O3/c1-13(2)16(17(24)19-7-8-22-9-11-26-12-10-22)23-18(25)14-5-3-4-6-15(14)20-21-23/h3-6,13,16H,7-12H2,1-2H3,(H,19,24)/t16-/m1/s1. The summed E-state index contributed by atoms with van der Waals surface area (Å²) in [6, 6.07) is 6.34. The average molecular weight is 359 g/mol. The van der Waals surface area contributed by atoms with Gasteiger partial charge in [0.2, 0.25) is 5.91 Å². The Morgan fingerprint density at radius 3 is 2.73 bits per heavy atom. The van der Waals surface area contributed by atoms with E-state index in [9.17, 15) is 9.59 Å². The first-order valence-electron chi connectivity index (χ1n) is 9.00. The summed E-state index contributed by atoms with van der Waals surface area (Å²) in [7, 11) is 0. The molecule has 0 unspecified atom stereocenters. The van der Waals surface area contributed by atoms with Gasteiger partial charge in [-0.15, -0.1) is 5.10 Å². The zero-order chi connectivity index (χ0) is 18.5. The average Bonchev–Trinajstić information content (AvgIpc) is 2.65. The number of aromatic nitrogens is 3. The number of amides is 1. The van der Waals surface area contributed by atoms with Crippen LogP contribution in [-0.2, 0) is 9.53 Å². The Balaban J connectivity index is 1.73. The SMILES string of the molecule is CC(C)[C@H](C(=O)NCCN1CCOCC1)n1nnc2ccccc2c1=O. The van der Waals surface area contributed by atoms with Gasteiger partial charge in [-0.1, -0.05) is 31.2 Å². The minimum absolute atomic E-state index is 0.0912. The molecule has 2 heterocycles. The van der Waals surface area contributed by atoms with Gasteiger partial charge in [-0.2, -0.15) is 4.68 Å². The molecule has 3 rings (SSSR count). The molecule has 1 aliphatic heterocycles. The van der Waals surface area contributed by atoms with Gasteiger partial charge in [0.25, 0.3) is 5.56 Å². The second-order valence-electron chi connectivity index (χ2n) is 6.79. The number of morpholine rings is 1. The molecule has 8 heteroatoms. The molecule has 26 heavy (non-hydrogen) atoms. The second-order valence-corrected chi connectivity index (χ2v) is 6.79. The molecule has 0 aliphatic carbocycles. The van der Waals surface area contributed by atoms with Gasteiger partial charge in [-0.25, -0.2) is 0 Å². The van der Waals surface area contributed by atoms with E-state index >= 15 is 0 Å². The maximum absolute atomic E-state index is 12.8. The van der Waals surface area contributed by atoms with Gasteiger partial charge in [0.05, 0.1) is 18.6 Å². The third-order valence-corrected chi connectivity index (χ3v) is 4.59. The third-order valence-electron chi connectivity index (χ3n) is 4.59. The molecule has 1 atom stereocenters. The van der Waals surface area contributed by atoms with E-state index in [1.54, 1.807) is 24.3 Å². The molecule has 0 radical (unpaired) electrons. The van der Waals surface area contributed by atoms with E-state index in [-0.39, 0.29) is 17.4 Å². The summed E-state index contributed by atoms with van der Waals surface area (Å²) in [5.74, 6) is -0.300. The number of rotatable bonds is 6. The molecule has 8 nitrogen and oxygen atoms in total. The normalized spacial score (nSPS) is 16.7. The lowest BCUT2D eigenvalue weighted by Crippen LogP contribution is -2.45. The second kappa shape index (κ2) is 8.37. The van der Waals surface area contributed by atoms with Gasteiger partial charge < -0.3 is 10.1 Å². The fraction of sp³-hybridized carbons (Fsp3) is 0.556. The number of nitrogens with zero attached hydrogens (tertiary/aromatic N) is 4. The lowest BCUT2D eigenvalue weighted by Gasteiger charge is -2.27. The van der Waals surface area contributed by atoms with Crippen molar-refractivity contribution in [2.24, 2.45) is 5.92 Å². The van der Waals surface area contributed by atoms with Crippen molar-refractivity contribution < 1.29 is 9.53 Å². The monoisotopic (exact) mass is 359 g/mol. The highest BCUT2D eigenvalue weighted by Gasteiger charge is 2.27. The molecule has 1 aromatic carbocycles. The van der Waals surface area contributed by atoms with Crippen LogP contribution in [0.3, 0.4) is 0 Å². The Kier molecular flexibility index (Phi) is 5.95. The minimum Gasteiger partial charge on any atom is -0.379 e. The van der Waals surface area contributed by atoms with Crippen LogP contribution in [0.4, 0.5) is 0 Å². The number of carbonyl (C=O) groups excluding carboxylic acids is 1. The highest BCUT2D eigenvalue weighted by molar-refractivity contribution is 5.81. The first-order valence-corrected chi connectivity index (χ1v) is 9.00. The zero-order valence-corrected chi connectivity index (χ0v) is 15.2. The van der Waals surface area contributed by atoms with Crippen molar-refractivity contribution in [2.45, 2.75) is 19.9 Å². The number of ether oxygens (including phenoxy) is 1. The van der Waals surface area contributed by atoms with Crippen molar-refractivity contribution in [3.63, 3.8) is 0 Å². The van der Waals surface area contributed by atoms with E-state index in [0.29, 0.717) is 17.4 Å². The van der Waals surface area contributed by atoms with Crippen molar-refractivity contribution in [1.29, 1.82) is 0 Å². The first kappa shape index (κ1) is 18.5. The fourth-order valence-electron chi connectivity index (χ4n) is 3.15. The maximum atomic E-state index is 12.8. The molecule has 1 aliphatic rings. The van der Waals surface area contributed by atoms with E-state index in [1.807, 2.05) is 13.8 Å². The molecule has 0 saturated carbocycles. The number of fused-ring (bicyclic) bond motifs is 1. The van der Waals surface area contributed by atoms with Gasteiger partial charge in [-0.05, 0) is 18.1 Å². The third kappa shape index (κ3) is 4.08. The molecule has 1 amide bonds. The summed E-state index contributed by atoms with van der Waals surface area (Å²) >= 11 is 0. The molecule has 2 aromatic rings. The van der Waals surface area contributed by atoms with Crippen LogP contribution in [0.25, 0.3) is 10.9 Å². The molecule has 1 fully saturated rings. The quantitative estimate of drug-likeness (QED) is 0.805. The van der Waals surface area contributed by atoms with Gasteiger partial charge in [0.1, 0.15) is 11.6 Å². The van der Waals surface area contributed by atoms with Crippen molar-refractivity contribution in [2.75, 3.05) is 39.4 Å². The lowest BCUT2D eigenvalue weighted by molar-refractivity contribution is -0.126. The molecule has 1 aromatic heterocycles. The van der Waals surface area contributed by atoms with Gasteiger partial charge >= 0.3 is 0 Å². The highest BCUT2D eigenvalue weighted by Crippen LogP contribution is 2.16. The van der Waals surface area contributed by atoms with Crippen LogP contribution >= 0.6 is 0 Å². The molecule has 1 saturated heterocycles. The molecular formula is C18H25N5O3. The largest absolute Gasteiger partial charge is 0.379 e. The number of benzene rings is 1. The minimum atomic E-state index is -0.690. The van der Waals surface area contributed by atoms with Crippen LogP contribution in [0.1, 0.15) is 19.9 Å². The molecular weight excluding hydrogens is 334 g/mol. The van der Waals surface area contributed by atoms with Gasteiger partial charge in [0.15, 0.2) is 0 Å². The zero-order valence-electron chi connectivity index (χ0n) is 15.2. The maximum Gasteiger partial charge on any atom is 0.278 e. The highest BCUT2D eigenvalue weighted by atomic mass is 16.5. The summed E-state index contributed by atoms with van der Waals surface area (Å²) in [6.45, 7) is 8.29. The first-order chi connectivity index (χ1) is 12.6. The van der Waals surface area contributed by atoms with E-state index in [4.69, 9.17) is 4.74 Å². The summed E-state index contributed by atoms with van der Waals surface area (Å²) in [5, 5.41) is 11.5. The summed E-state index contributed by atoms with van der Waals surface area (Å²) in [5.41, 5.74) is 0.238. The van der Waals surface area contributed by atoms with Crippen molar-refractivity contribution >= 4 is 16.8 Å². The predicted molar refractivity (Wildman–Crippen MR) is 97.9 cm³/mol. The molecule has 140 valence electrons. The Morgan fingerprint density at radius 1 is 1.27 bits per heavy atom. The number of hydrogen-bond donors (Lipinski definition) is 1. The van der Waals surface area contributed by atoms with E-state index < -0.39 is 6.04 Å². The Hall–Kier alpha value is -2.32.